The standard InChI is InChI=1S/C18H22N6O/c1-12-9-13(2)24-16(20-12)14(10-19-24)15-21-17(25-22-15)18-5-3-7-23(11-18)8-4-6-18/h9-10H,3-8,11H2,1-2H3. The van der Waals surface area contributed by atoms with Gasteiger partial charge in [-0.25, -0.2) is 9.50 Å². The van der Waals surface area contributed by atoms with Gasteiger partial charge >= 0.3 is 0 Å². The minimum Gasteiger partial charge on any atom is -0.338 e. The van der Waals surface area contributed by atoms with E-state index in [4.69, 9.17) is 9.51 Å². The lowest BCUT2D eigenvalue weighted by Gasteiger charge is -2.44. The number of aromatic nitrogens is 5. The van der Waals surface area contributed by atoms with Crippen LogP contribution in [0.5, 0.6) is 0 Å². The molecule has 0 radical (unpaired) electrons. The molecule has 2 aliphatic heterocycles. The molecule has 0 atom stereocenters. The van der Waals surface area contributed by atoms with Crippen LogP contribution in [-0.4, -0.2) is 49.3 Å². The highest BCUT2D eigenvalue weighted by atomic mass is 16.5. The van der Waals surface area contributed by atoms with Crippen LogP contribution in [0.4, 0.5) is 0 Å². The van der Waals surface area contributed by atoms with Crippen molar-refractivity contribution in [2.45, 2.75) is 44.9 Å². The first-order valence-electron chi connectivity index (χ1n) is 9.04. The van der Waals surface area contributed by atoms with Crippen LogP contribution in [0.1, 0.15) is 43.0 Å². The lowest BCUT2D eigenvalue weighted by molar-refractivity contribution is 0.0711. The van der Waals surface area contributed by atoms with Crippen LogP contribution >= 0.6 is 0 Å². The molecular weight excluding hydrogens is 316 g/mol. The molecular formula is C18H22N6O. The summed E-state index contributed by atoms with van der Waals surface area (Å²) in [5, 5.41) is 8.73. The van der Waals surface area contributed by atoms with Crippen molar-refractivity contribution < 1.29 is 4.52 Å². The summed E-state index contributed by atoms with van der Waals surface area (Å²) in [6.45, 7) is 7.44. The minimum atomic E-state index is 0.0317. The Hall–Kier alpha value is -2.28. The summed E-state index contributed by atoms with van der Waals surface area (Å²) in [6.07, 6.45) is 6.46. The molecule has 0 aliphatic carbocycles. The Balaban J connectivity index is 1.57. The first-order chi connectivity index (χ1) is 12.1. The molecule has 3 aromatic heterocycles. The second-order valence-electron chi connectivity index (χ2n) is 7.52. The second-order valence-corrected chi connectivity index (χ2v) is 7.52. The van der Waals surface area contributed by atoms with E-state index in [9.17, 15) is 0 Å². The molecule has 2 aliphatic rings. The third kappa shape index (κ3) is 2.29. The summed E-state index contributed by atoms with van der Waals surface area (Å²) in [7, 11) is 0. The second kappa shape index (κ2) is 5.36. The summed E-state index contributed by atoms with van der Waals surface area (Å²) < 4.78 is 7.59. The minimum absolute atomic E-state index is 0.0317. The summed E-state index contributed by atoms with van der Waals surface area (Å²) in [5.41, 5.74) is 3.66. The van der Waals surface area contributed by atoms with Crippen molar-refractivity contribution in [3.63, 3.8) is 0 Å². The van der Waals surface area contributed by atoms with Gasteiger partial charge in [-0.2, -0.15) is 10.1 Å². The fourth-order valence-corrected chi connectivity index (χ4v) is 4.52. The number of piperidine rings is 2. The number of rotatable bonds is 2. The van der Waals surface area contributed by atoms with Crippen LogP contribution in [0.2, 0.25) is 0 Å². The molecule has 7 nitrogen and oxygen atoms in total. The average molecular weight is 338 g/mol. The SMILES string of the molecule is Cc1cc(C)n2ncc(-c3noc(C45CCCN(CCC4)C5)n3)c2n1. The van der Waals surface area contributed by atoms with E-state index in [-0.39, 0.29) is 5.41 Å². The zero-order chi connectivity index (χ0) is 17.0. The molecule has 0 saturated carbocycles. The van der Waals surface area contributed by atoms with Crippen molar-refractivity contribution in [3.05, 3.63) is 29.5 Å². The molecule has 2 fully saturated rings. The number of aryl methyl sites for hydroxylation is 2. The Morgan fingerprint density at radius 3 is 2.72 bits per heavy atom. The zero-order valence-corrected chi connectivity index (χ0v) is 14.7. The highest BCUT2D eigenvalue weighted by Crippen LogP contribution is 2.41. The largest absolute Gasteiger partial charge is 0.338 e. The van der Waals surface area contributed by atoms with Gasteiger partial charge in [-0.15, -0.1) is 0 Å². The van der Waals surface area contributed by atoms with E-state index in [1.54, 1.807) is 6.20 Å². The van der Waals surface area contributed by atoms with Crippen molar-refractivity contribution in [1.29, 1.82) is 0 Å². The van der Waals surface area contributed by atoms with Gasteiger partial charge in [0.15, 0.2) is 5.65 Å². The van der Waals surface area contributed by atoms with Crippen molar-refractivity contribution in [2.75, 3.05) is 19.6 Å². The van der Waals surface area contributed by atoms with Crippen molar-refractivity contribution in [2.24, 2.45) is 0 Å². The van der Waals surface area contributed by atoms with E-state index in [2.05, 4.69) is 20.1 Å². The zero-order valence-electron chi connectivity index (χ0n) is 14.7. The van der Waals surface area contributed by atoms with E-state index in [1.807, 2.05) is 24.4 Å². The van der Waals surface area contributed by atoms with Gasteiger partial charge in [-0.3, -0.25) is 0 Å². The molecule has 2 bridgehead atoms. The molecule has 3 aromatic rings. The molecule has 5 rings (SSSR count). The number of hydrogen-bond acceptors (Lipinski definition) is 6. The molecule has 0 N–H and O–H groups in total. The van der Waals surface area contributed by atoms with Gasteiger partial charge in [0.25, 0.3) is 0 Å². The van der Waals surface area contributed by atoms with Gasteiger partial charge in [-0.1, -0.05) is 5.16 Å². The van der Waals surface area contributed by atoms with Crippen LogP contribution in [0.25, 0.3) is 17.0 Å². The van der Waals surface area contributed by atoms with E-state index in [1.165, 1.54) is 25.9 Å². The number of fused-ring (bicyclic) bond motifs is 3. The van der Waals surface area contributed by atoms with E-state index < -0.39 is 0 Å². The van der Waals surface area contributed by atoms with Gasteiger partial charge in [0.2, 0.25) is 11.7 Å². The molecule has 0 amide bonds. The molecule has 2 saturated heterocycles. The van der Waals surface area contributed by atoms with E-state index in [0.29, 0.717) is 5.82 Å². The van der Waals surface area contributed by atoms with E-state index >= 15 is 0 Å². The van der Waals surface area contributed by atoms with Gasteiger partial charge < -0.3 is 9.42 Å². The monoisotopic (exact) mass is 338 g/mol. The normalized spacial score (nSPS) is 26.2. The molecule has 0 aromatic carbocycles. The molecule has 5 heterocycles. The average Bonchev–Trinajstić information content (AvgIpc) is 3.21. The van der Waals surface area contributed by atoms with E-state index in [0.717, 1.165) is 47.9 Å². The van der Waals surface area contributed by atoms with Gasteiger partial charge in [0.1, 0.15) is 0 Å². The Bertz CT molecular complexity index is 932. The first kappa shape index (κ1) is 15.0. The molecule has 25 heavy (non-hydrogen) atoms. The third-order valence-corrected chi connectivity index (χ3v) is 5.68. The fourth-order valence-electron chi connectivity index (χ4n) is 4.52. The summed E-state index contributed by atoms with van der Waals surface area (Å²) in [6, 6.07) is 2.02. The molecule has 130 valence electrons. The van der Waals surface area contributed by atoms with Gasteiger partial charge in [-0.05, 0) is 58.7 Å². The lowest BCUT2D eigenvalue weighted by Crippen LogP contribution is -2.50. The maximum Gasteiger partial charge on any atom is 0.234 e. The Morgan fingerprint density at radius 2 is 1.92 bits per heavy atom. The van der Waals surface area contributed by atoms with Crippen molar-refractivity contribution >= 4 is 5.65 Å². The highest BCUT2D eigenvalue weighted by molar-refractivity contribution is 5.72. The number of hydrogen-bond donors (Lipinski definition) is 0. The Labute approximate surface area is 146 Å². The Morgan fingerprint density at radius 1 is 1.12 bits per heavy atom. The van der Waals surface area contributed by atoms with Crippen molar-refractivity contribution in [3.8, 4) is 11.4 Å². The molecule has 0 unspecified atom stereocenters. The number of nitrogens with zero attached hydrogens (tertiary/aromatic N) is 6. The molecule has 0 spiro atoms. The summed E-state index contributed by atoms with van der Waals surface area (Å²) >= 11 is 0. The maximum absolute atomic E-state index is 5.76. The van der Waals surface area contributed by atoms with Crippen LogP contribution < -0.4 is 0 Å². The highest BCUT2D eigenvalue weighted by Gasteiger charge is 2.44. The van der Waals surface area contributed by atoms with Crippen LogP contribution in [0, 0.1) is 13.8 Å². The first-order valence-corrected chi connectivity index (χ1v) is 9.04. The third-order valence-electron chi connectivity index (χ3n) is 5.68. The fraction of sp³-hybridized carbons (Fsp3) is 0.556. The van der Waals surface area contributed by atoms with Crippen LogP contribution in [0.3, 0.4) is 0 Å². The molecule has 7 heteroatoms. The topological polar surface area (TPSA) is 72.3 Å². The summed E-state index contributed by atoms with van der Waals surface area (Å²) in [5.74, 6) is 1.38. The van der Waals surface area contributed by atoms with Gasteiger partial charge in [0, 0.05) is 17.9 Å². The quantitative estimate of drug-likeness (QED) is 0.715. The Kier molecular flexibility index (Phi) is 3.22. The van der Waals surface area contributed by atoms with Gasteiger partial charge in [0.05, 0.1) is 17.2 Å². The predicted molar refractivity (Wildman–Crippen MR) is 92.3 cm³/mol. The van der Waals surface area contributed by atoms with Crippen LogP contribution in [0.15, 0.2) is 16.8 Å². The van der Waals surface area contributed by atoms with Crippen molar-refractivity contribution in [1.82, 2.24) is 29.6 Å². The van der Waals surface area contributed by atoms with Crippen LogP contribution in [-0.2, 0) is 5.41 Å². The lowest BCUT2D eigenvalue weighted by atomic mass is 9.73. The summed E-state index contributed by atoms with van der Waals surface area (Å²) in [4.78, 5) is 12.0. The smallest absolute Gasteiger partial charge is 0.234 e. The predicted octanol–water partition coefficient (Wildman–Crippen LogP) is 2.52. The maximum atomic E-state index is 5.76.